The van der Waals surface area contributed by atoms with Crippen LogP contribution in [0.15, 0.2) is 24.3 Å². The minimum atomic E-state index is 0.366. The fraction of sp³-hybridized carbons (Fsp3) is 0.571. The highest BCUT2D eigenvalue weighted by atomic mass is 16.5. The van der Waals surface area contributed by atoms with Crippen molar-refractivity contribution in [3.63, 3.8) is 0 Å². The van der Waals surface area contributed by atoms with Crippen molar-refractivity contribution in [2.75, 3.05) is 5.32 Å². The summed E-state index contributed by atoms with van der Waals surface area (Å²) < 4.78 is 5.74. The van der Waals surface area contributed by atoms with E-state index in [1.807, 2.05) is 0 Å². The molecule has 2 rings (SSSR count). The van der Waals surface area contributed by atoms with Crippen LogP contribution in [-0.2, 0) is 4.74 Å². The Hall–Kier alpha value is -1.02. The summed E-state index contributed by atoms with van der Waals surface area (Å²) in [6, 6.07) is 9.01. The van der Waals surface area contributed by atoms with Gasteiger partial charge in [-0.3, -0.25) is 0 Å². The first-order valence-corrected chi connectivity index (χ1v) is 6.13. The Labute approximate surface area is 98.0 Å². The fourth-order valence-corrected chi connectivity index (χ4v) is 2.48. The summed E-state index contributed by atoms with van der Waals surface area (Å²) in [6.45, 7) is 6.46. The van der Waals surface area contributed by atoms with Crippen molar-refractivity contribution in [3.8, 4) is 0 Å². The van der Waals surface area contributed by atoms with Crippen LogP contribution >= 0.6 is 0 Å². The molecular formula is C14H21NO. The van der Waals surface area contributed by atoms with Crippen molar-refractivity contribution in [1.29, 1.82) is 0 Å². The fourth-order valence-electron chi connectivity index (χ4n) is 2.48. The molecule has 1 saturated heterocycles. The van der Waals surface area contributed by atoms with Crippen molar-refractivity contribution in [3.05, 3.63) is 29.8 Å². The largest absolute Gasteiger partial charge is 0.382 e. The summed E-state index contributed by atoms with van der Waals surface area (Å²) >= 11 is 0. The first-order valence-electron chi connectivity index (χ1n) is 6.13. The maximum absolute atomic E-state index is 5.74. The highest BCUT2D eigenvalue weighted by molar-refractivity contribution is 5.50. The van der Waals surface area contributed by atoms with E-state index in [0.29, 0.717) is 18.2 Å². The summed E-state index contributed by atoms with van der Waals surface area (Å²) in [5.74, 6) is 0. The Morgan fingerprint density at radius 2 is 1.75 bits per heavy atom. The Bertz CT molecular complexity index is 340. The van der Waals surface area contributed by atoms with Gasteiger partial charge in [0.25, 0.3) is 0 Å². The van der Waals surface area contributed by atoms with Crippen LogP contribution < -0.4 is 5.32 Å². The van der Waals surface area contributed by atoms with E-state index in [4.69, 9.17) is 4.74 Å². The standard InChI is InChI=1S/C14H21NO/c1-10-6-4-5-7-14(10)15-13-8-11(2)16-12(3)9-13/h4-7,11-13,15H,8-9H2,1-3H3. The van der Waals surface area contributed by atoms with Crippen molar-refractivity contribution >= 4 is 5.69 Å². The van der Waals surface area contributed by atoms with E-state index in [2.05, 4.69) is 50.4 Å². The lowest BCUT2D eigenvalue weighted by Gasteiger charge is -2.33. The van der Waals surface area contributed by atoms with E-state index in [1.54, 1.807) is 0 Å². The molecule has 0 aromatic heterocycles. The maximum atomic E-state index is 5.74. The van der Waals surface area contributed by atoms with Gasteiger partial charge in [-0.05, 0) is 45.2 Å². The van der Waals surface area contributed by atoms with Gasteiger partial charge in [-0.1, -0.05) is 18.2 Å². The van der Waals surface area contributed by atoms with E-state index in [1.165, 1.54) is 11.3 Å². The number of ether oxygens (including phenoxy) is 1. The molecule has 1 aliphatic rings. The average Bonchev–Trinajstić information content (AvgIpc) is 2.20. The lowest BCUT2D eigenvalue weighted by Crippen LogP contribution is -2.37. The average molecular weight is 219 g/mol. The molecule has 88 valence electrons. The maximum Gasteiger partial charge on any atom is 0.0570 e. The molecule has 16 heavy (non-hydrogen) atoms. The Morgan fingerprint density at radius 3 is 2.38 bits per heavy atom. The minimum absolute atomic E-state index is 0.366. The van der Waals surface area contributed by atoms with Crippen LogP contribution in [-0.4, -0.2) is 18.2 Å². The molecule has 1 aliphatic heterocycles. The van der Waals surface area contributed by atoms with Gasteiger partial charge in [0.05, 0.1) is 12.2 Å². The molecule has 0 saturated carbocycles. The molecule has 1 aromatic rings. The van der Waals surface area contributed by atoms with Crippen molar-refractivity contribution in [2.45, 2.75) is 51.9 Å². The number of benzene rings is 1. The van der Waals surface area contributed by atoms with Crippen LogP contribution in [0, 0.1) is 6.92 Å². The second-order valence-electron chi connectivity index (χ2n) is 4.88. The zero-order chi connectivity index (χ0) is 11.5. The summed E-state index contributed by atoms with van der Waals surface area (Å²) in [6.07, 6.45) is 2.92. The lowest BCUT2D eigenvalue weighted by atomic mass is 9.99. The van der Waals surface area contributed by atoms with E-state index in [0.717, 1.165) is 12.8 Å². The van der Waals surface area contributed by atoms with E-state index < -0.39 is 0 Å². The molecule has 0 aliphatic carbocycles. The number of hydrogen-bond acceptors (Lipinski definition) is 2. The number of nitrogens with one attached hydrogen (secondary N) is 1. The highest BCUT2D eigenvalue weighted by Crippen LogP contribution is 2.23. The van der Waals surface area contributed by atoms with Crippen LogP contribution in [0.3, 0.4) is 0 Å². The van der Waals surface area contributed by atoms with Crippen molar-refractivity contribution in [2.24, 2.45) is 0 Å². The second-order valence-corrected chi connectivity index (χ2v) is 4.88. The van der Waals surface area contributed by atoms with Gasteiger partial charge in [0, 0.05) is 11.7 Å². The molecule has 0 bridgehead atoms. The molecule has 1 N–H and O–H groups in total. The van der Waals surface area contributed by atoms with E-state index in [-0.39, 0.29) is 0 Å². The Morgan fingerprint density at radius 1 is 1.12 bits per heavy atom. The number of aryl methyl sites for hydroxylation is 1. The molecule has 0 amide bonds. The van der Waals surface area contributed by atoms with Gasteiger partial charge in [-0.15, -0.1) is 0 Å². The number of hydrogen-bond donors (Lipinski definition) is 1. The summed E-state index contributed by atoms with van der Waals surface area (Å²) in [4.78, 5) is 0. The third-order valence-corrected chi connectivity index (χ3v) is 3.20. The zero-order valence-electron chi connectivity index (χ0n) is 10.4. The van der Waals surface area contributed by atoms with Crippen LogP contribution in [0.2, 0.25) is 0 Å². The lowest BCUT2D eigenvalue weighted by molar-refractivity contribution is -0.0337. The summed E-state index contributed by atoms with van der Waals surface area (Å²) in [5.41, 5.74) is 2.57. The Balaban J connectivity index is 2.02. The molecule has 1 heterocycles. The molecule has 2 heteroatoms. The third kappa shape index (κ3) is 2.76. The predicted molar refractivity (Wildman–Crippen MR) is 67.8 cm³/mol. The van der Waals surface area contributed by atoms with Gasteiger partial charge in [-0.2, -0.15) is 0 Å². The van der Waals surface area contributed by atoms with Gasteiger partial charge in [-0.25, -0.2) is 0 Å². The quantitative estimate of drug-likeness (QED) is 0.823. The second kappa shape index (κ2) is 4.88. The topological polar surface area (TPSA) is 21.3 Å². The molecule has 2 nitrogen and oxygen atoms in total. The first-order chi connectivity index (χ1) is 7.65. The van der Waals surface area contributed by atoms with E-state index >= 15 is 0 Å². The normalized spacial score (nSPS) is 30.1. The van der Waals surface area contributed by atoms with E-state index in [9.17, 15) is 0 Å². The third-order valence-electron chi connectivity index (χ3n) is 3.20. The molecule has 2 atom stereocenters. The molecule has 0 spiro atoms. The van der Waals surface area contributed by atoms with Crippen molar-refractivity contribution < 1.29 is 4.74 Å². The van der Waals surface area contributed by atoms with Gasteiger partial charge in [0.1, 0.15) is 0 Å². The summed E-state index contributed by atoms with van der Waals surface area (Å²) in [7, 11) is 0. The molecular weight excluding hydrogens is 198 g/mol. The minimum Gasteiger partial charge on any atom is -0.382 e. The highest BCUT2D eigenvalue weighted by Gasteiger charge is 2.24. The molecule has 0 radical (unpaired) electrons. The van der Waals surface area contributed by atoms with Gasteiger partial charge < -0.3 is 10.1 Å². The molecule has 2 unspecified atom stereocenters. The van der Waals surface area contributed by atoms with Gasteiger partial charge >= 0.3 is 0 Å². The zero-order valence-corrected chi connectivity index (χ0v) is 10.4. The van der Waals surface area contributed by atoms with Crippen LogP contribution in [0.1, 0.15) is 32.3 Å². The van der Waals surface area contributed by atoms with Crippen molar-refractivity contribution in [1.82, 2.24) is 0 Å². The SMILES string of the molecule is Cc1ccccc1NC1CC(C)OC(C)C1. The molecule has 1 aromatic carbocycles. The molecule has 1 fully saturated rings. The number of para-hydroxylation sites is 1. The summed E-state index contributed by atoms with van der Waals surface area (Å²) in [5, 5.41) is 3.63. The number of rotatable bonds is 2. The van der Waals surface area contributed by atoms with Gasteiger partial charge in [0.15, 0.2) is 0 Å². The van der Waals surface area contributed by atoms with Crippen LogP contribution in [0.4, 0.5) is 5.69 Å². The van der Waals surface area contributed by atoms with Gasteiger partial charge in [0.2, 0.25) is 0 Å². The predicted octanol–water partition coefficient (Wildman–Crippen LogP) is 3.36. The van der Waals surface area contributed by atoms with Crippen LogP contribution in [0.5, 0.6) is 0 Å². The first kappa shape index (κ1) is 11.5. The smallest absolute Gasteiger partial charge is 0.0570 e. The monoisotopic (exact) mass is 219 g/mol. The number of anilines is 1. The Kier molecular flexibility index (Phi) is 3.49. The van der Waals surface area contributed by atoms with Crippen LogP contribution in [0.25, 0.3) is 0 Å².